The lowest BCUT2D eigenvalue weighted by molar-refractivity contribution is -0.128. The van der Waals surface area contributed by atoms with Crippen LogP contribution in [0.15, 0.2) is 24.3 Å². The molecule has 6 nitrogen and oxygen atoms in total. The molecule has 20 heavy (non-hydrogen) atoms. The first-order chi connectivity index (χ1) is 9.51. The average Bonchev–Trinajstić information content (AvgIpc) is 2.80. The molecule has 0 saturated carbocycles. The van der Waals surface area contributed by atoms with Gasteiger partial charge in [-0.1, -0.05) is 6.07 Å². The summed E-state index contributed by atoms with van der Waals surface area (Å²) in [5.74, 6) is -1.70. The highest BCUT2D eigenvalue weighted by Crippen LogP contribution is 2.20. The van der Waals surface area contributed by atoms with Gasteiger partial charge >= 0.3 is 5.97 Å². The molecule has 0 aromatic heterocycles. The Bertz CT molecular complexity index is 556. The number of aromatic carboxylic acids is 1. The number of nitrogens with zero attached hydrogens (tertiary/aromatic N) is 1. The molecule has 1 aromatic rings. The lowest BCUT2D eigenvalue weighted by atomic mass is 10.1. The Morgan fingerprint density at radius 1 is 1.45 bits per heavy atom. The molecule has 2 rings (SSSR count). The predicted octanol–water partition coefficient (Wildman–Crippen LogP) is 1.19. The number of likely N-dealkylation sites (tertiary alicyclic amines) is 1. The number of carboxylic acids is 1. The number of rotatable bonds is 4. The average molecular weight is 276 g/mol. The minimum atomic E-state index is -1.05. The van der Waals surface area contributed by atoms with Gasteiger partial charge in [0.1, 0.15) is 0 Å². The summed E-state index contributed by atoms with van der Waals surface area (Å²) < 4.78 is 0. The number of anilines is 1. The number of carbonyl (C=O) groups is 3. The van der Waals surface area contributed by atoms with Crippen molar-refractivity contribution in [3.63, 3.8) is 0 Å². The summed E-state index contributed by atoms with van der Waals surface area (Å²) in [4.78, 5) is 36.1. The Morgan fingerprint density at radius 2 is 2.20 bits per heavy atom. The second kappa shape index (κ2) is 5.73. The highest BCUT2D eigenvalue weighted by molar-refractivity contribution is 5.98. The second-order valence-corrected chi connectivity index (χ2v) is 4.71. The van der Waals surface area contributed by atoms with Gasteiger partial charge in [0, 0.05) is 25.2 Å². The van der Waals surface area contributed by atoms with E-state index in [2.05, 4.69) is 5.32 Å². The Kier molecular flexibility index (Phi) is 4.02. The maximum absolute atomic E-state index is 12.1. The van der Waals surface area contributed by atoms with Crippen LogP contribution >= 0.6 is 0 Å². The molecule has 1 heterocycles. The molecule has 1 aliphatic rings. The van der Waals surface area contributed by atoms with Gasteiger partial charge in [-0.05, 0) is 25.1 Å². The second-order valence-electron chi connectivity index (χ2n) is 4.71. The molecule has 0 radical (unpaired) electrons. The third kappa shape index (κ3) is 2.96. The lowest BCUT2D eigenvalue weighted by Gasteiger charge is -2.13. The highest BCUT2D eigenvalue weighted by atomic mass is 16.4. The van der Waals surface area contributed by atoms with Crippen LogP contribution in [0, 0.1) is 5.92 Å². The fourth-order valence-electron chi connectivity index (χ4n) is 2.23. The van der Waals surface area contributed by atoms with Crippen LogP contribution in [0.5, 0.6) is 0 Å². The molecule has 0 bridgehead atoms. The van der Waals surface area contributed by atoms with Crippen molar-refractivity contribution in [3.05, 3.63) is 29.8 Å². The van der Waals surface area contributed by atoms with Gasteiger partial charge in [0.05, 0.1) is 11.5 Å². The first kappa shape index (κ1) is 14.0. The van der Waals surface area contributed by atoms with E-state index >= 15 is 0 Å². The fourth-order valence-corrected chi connectivity index (χ4v) is 2.23. The molecule has 0 spiro atoms. The normalized spacial score (nSPS) is 18.1. The number of hydrogen-bond donors (Lipinski definition) is 2. The van der Waals surface area contributed by atoms with Gasteiger partial charge in [-0.2, -0.15) is 0 Å². The molecule has 1 saturated heterocycles. The number of amides is 2. The zero-order chi connectivity index (χ0) is 14.7. The van der Waals surface area contributed by atoms with Gasteiger partial charge in [-0.25, -0.2) is 4.79 Å². The van der Waals surface area contributed by atoms with E-state index in [9.17, 15) is 14.4 Å². The summed E-state index contributed by atoms with van der Waals surface area (Å²) in [6.07, 6.45) is 0.207. The van der Waals surface area contributed by atoms with Crippen LogP contribution in [0.2, 0.25) is 0 Å². The van der Waals surface area contributed by atoms with Crippen LogP contribution in [-0.2, 0) is 9.59 Å². The van der Waals surface area contributed by atoms with Gasteiger partial charge < -0.3 is 15.3 Å². The molecule has 1 atom stereocenters. The standard InChI is InChI=1S/C14H16N2O4/c1-2-16-8-10(7-12(16)17)13(18)15-11-5-3-4-9(6-11)14(19)20/h3-6,10H,2,7-8H2,1H3,(H,15,18)(H,19,20). The third-order valence-corrected chi connectivity index (χ3v) is 3.34. The van der Waals surface area contributed by atoms with Crippen LogP contribution < -0.4 is 5.32 Å². The fraction of sp³-hybridized carbons (Fsp3) is 0.357. The molecular formula is C14H16N2O4. The number of carboxylic acid groups (broad SMARTS) is 1. The predicted molar refractivity (Wildman–Crippen MR) is 72.4 cm³/mol. The number of carbonyl (C=O) groups excluding carboxylic acids is 2. The summed E-state index contributed by atoms with van der Waals surface area (Å²) >= 11 is 0. The smallest absolute Gasteiger partial charge is 0.335 e. The number of nitrogens with one attached hydrogen (secondary N) is 1. The van der Waals surface area contributed by atoms with Crippen molar-refractivity contribution in [3.8, 4) is 0 Å². The largest absolute Gasteiger partial charge is 0.478 e. The highest BCUT2D eigenvalue weighted by Gasteiger charge is 2.33. The van der Waals surface area contributed by atoms with E-state index in [0.29, 0.717) is 18.8 Å². The molecule has 1 aliphatic heterocycles. The van der Waals surface area contributed by atoms with Crippen molar-refractivity contribution in [2.75, 3.05) is 18.4 Å². The van der Waals surface area contributed by atoms with E-state index in [-0.39, 0.29) is 29.7 Å². The molecular weight excluding hydrogens is 260 g/mol. The number of benzene rings is 1. The van der Waals surface area contributed by atoms with E-state index in [1.165, 1.54) is 12.1 Å². The molecule has 1 aromatic carbocycles. The van der Waals surface area contributed by atoms with Crippen molar-refractivity contribution in [1.29, 1.82) is 0 Å². The van der Waals surface area contributed by atoms with Crippen LogP contribution in [0.4, 0.5) is 5.69 Å². The summed E-state index contributed by atoms with van der Waals surface area (Å²) in [5, 5.41) is 11.6. The molecule has 2 amide bonds. The molecule has 1 unspecified atom stereocenters. The van der Waals surface area contributed by atoms with E-state index in [0.717, 1.165) is 0 Å². The van der Waals surface area contributed by atoms with Crippen molar-refractivity contribution < 1.29 is 19.5 Å². The summed E-state index contributed by atoms with van der Waals surface area (Å²) in [5.41, 5.74) is 0.540. The van der Waals surface area contributed by atoms with Crippen LogP contribution in [0.25, 0.3) is 0 Å². The van der Waals surface area contributed by atoms with Crippen LogP contribution in [0.1, 0.15) is 23.7 Å². The van der Waals surface area contributed by atoms with E-state index in [4.69, 9.17) is 5.11 Å². The maximum Gasteiger partial charge on any atom is 0.335 e. The molecule has 1 fully saturated rings. The molecule has 6 heteroatoms. The quantitative estimate of drug-likeness (QED) is 0.865. The van der Waals surface area contributed by atoms with Gasteiger partial charge in [0.15, 0.2) is 0 Å². The third-order valence-electron chi connectivity index (χ3n) is 3.34. The lowest BCUT2D eigenvalue weighted by Crippen LogP contribution is -2.28. The van der Waals surface area contributed by atoms with Gasteiger partial charge in [0.2, 0.25) is 11.8 Å². The summed E-state index contributed by atoms with van der Waals surface area (Å²) in [6, 6.07) is 6.04. The maximum atomic E-state index is 12.1. The zero-order valence-electron chi connectivity index (χ0n) is 11.1. The van der Waals surface area contributed by atoms with Crippen molar-refractivity contribution >= 4 is 23.5 Å². The molecule has 2 N–H and O–H groups in total. The first-order valence-corrected chi connectivity index (χ1v) is 6.43. The van der Waals surface area contributed by atoms with Crippen molar-refractivity contribution in [2.24, 2.45) is 5.92 Å². The summed E-state index contributed by atoms with van der Waals surface area (Å²) in [7, 11) is 0. The Morgan fingerprint density at radius 3 is 2.80 bits per heavy atom. The first-order valence-electron chi connectivity index (χ1n) is 6.43. The molecule has 0 aliphatic carbocycles. The Labute approximate surface area is 116 Å². The van der Waals surface area contributed by atoms with Crippen LogP contribution in [-0.4, -0.2) is 40.9 Å². The number of hydrogen-bond acceptors (Lipinski definition) is 3. The topological polar surface area (TPSA) is 86.7 Å². The van der Waals surface area contributed by atoms with Gasteiger partial charge in [0.25, 0.3) is 0 Å². The minimum Gasteiger partial charge on any atom is -0.478 e. The molecule has 106 valence electrons. The monoisotopic (exact) mass is 276 g/mol. The minimum absolute atomic E-state index is 0.0214. The van der Waals surface area contributed by atoms with E-state index in [1.54, 1.807) is 17.0 Å². The van der Waals surface area contributed by atoms with E-state index in [1.807, 2.05) is 6.92 Å². The van der Waals surface area contributed by atoms with Gasteiger partial charge in [-0.15, -0.1) is 0 Å². The van der Waals surface area contributed by atoms with E-state index < -0.39 is 5.97 Å². The summed E-state index contributed by atoms with van der Waals surface area (Å²) in [6.45, 7) is 2.88. The van der Waals surface area contributed by atoms with Crippen molar-refractivity contribution in [2.45, 2.75) is 13.3 Å². The van der Waals surface area contributed by atoms with Gasteiger partial charge in [-0.3, -0.25) is 9.59 Å². The Balaban J connectivity index is 2.03. The zero-order valence-corrected chi connectivity index (χ0v) is 11.1. The Hall–Kier alpha value is -2.37. The SMILES string of the molecule is CCN1CC(C(=O)Nc2cccc(C(=O)O)c2)CC1=O. The van der Waals surface area contributed by atoms with Crippen LogP contribution in [0.3, 0.4) is 0 Å². The van der Waals surface area contributed by atoms with Crippen molar-refractivity contribution in [1.82, 2.24) is 4.90 Å².